The van der Waals surface area contributed by atoms with Crippen LogP contribution in [0.5, 0.6) is 0 Å². The maximum atomic E-state index is 6.16. The Hall–Kier alpha value is -2.06. The lowest BCUT2D eigenvalue weighted by atomic mass is 9.99. The Balaban J connectivity index is 2.34. The first-order valence-electron chi connectivity index (χ1n) is 6.67. The third kappa shape index (κ3) is 2.35. The molecule has 0 unspecified atom stereocenters. The molecule has 0 radical (unpaired) electrons. The average Bonchev–Trinajstić information content (AvgIpc) is 2.48. The van der Waals surface area contributed by atoms with Crippen molar-refractivity contribution >= 4 is 28.2 Å². The first kappa shape index (κ1) is 12.9. The molecule has 100 valence electrons. The lowest BCUT2D eigenvalue weighted by Gasteiger charge is -2.14. The van der Waals surface area contributed by atoms with Gasteiger partial charge < -0.3 is 5.32 Å². The Bertz CT molecular complexity index is 739. The molecule has 0 spiro atoms. The Labute approximate surface area is 123 Å². The maximum absolute atomic E-state index is 6.16. The van der Waals surface area contributed by atoms with Crippen molar-refractivity contribution in [1.29, 1.82) is 0 Å². The van der Waals surface area contributed by atoms with E-state index in [0.29, 0.717) is 0 Å². The molecule has 3 rings (SSSR count). The smallest absolute Gasteiger partial charge is 0.0710 e. The molecule has 1 N–H and O–H groups in total. The molecule has 3 aromatic rings. The van der Waals surface area contributed by atoms with Gasteiger partial charge in [-0.3, -0.25) is 4.98 Å². The van der Waals surface area contributed by atoms with Crippen LogP contribution < -0.4 is 5.32 Å². The fourth-order valence-corrected chi connectivity index (χ4v) is 2.58. The van der Waals surface area contributed by atoms with Crippen LogP contribution in [-0.4, -0.2) is 11.5 Å². The van der Waals surface area contributed by atoms with Crippen LogP contribution in [0.25, 0.3) is 22.0 Å². The van der Waals surface area contributed by atoms with Gasteiger partial charge in [0.1, 0.15) is 0 Å². The van der Waals surface area contributed by atoms with Gasteiger partial charge in [-0.05, 0) is 30.7 Å². The van der Waals surface area contributed by atoms with Crippen LogP contribution in [0.4, 0.5) is 5.69 Å². The van der Waals surface area contributed by atoms with E-state index >= 15 is 0 Å². The fraction of sp³-hybridized carbons (Fsp3) is 0.118. The number of hydrogen-bond acceptors (Lipinski definition) is 2. The van der Waals surface area contributed by atoms with E-state index in [9.17, 15) is 0 Å². The van der Waals surface area contributed by atoms with Gasteiger partial charge in [-0.15, -0.1) is 0 Å². The number of hydrogen-bond donors (Lipinski definition) is 1. The van der Waals surface area contributed by atoms with Crippen LogP contribution in [0.2, 0.25) is 5.02 Å². The molecular formula is C17H15ClN2. The molecule has 1 heterocycles. The number of aromatic nitrogens is 1. The highest BCUT2D eigenvalue weighted by atomic mass is 35.5. The zero-order chi connectivity index (χ0) is 13.9. The van der Waals surface area contributed by atoms with Crippen LogP contribution in [0.1, 0.15) is 6.92 Å². The molecular weight excluding hydrogens is 268 g/mol. The van der Waals surface area contributed by atoms with Crippen LogP contribution in [0, 0.1) is 0 Å². The Morgan fingerprint density at radius 3 is 2.65 bits per heavy atom. The first-order chi connectivity index (χ1) is 9.79. The quantitative estimate of drug-likeness (QED) is 0.732. The van der Waals surface area contributed by atoms with Gasteiger partial charge in [0, 0.05) is 22.5 Å². The summed E-state index contributed by atoms with van der Waals surface area (Å²) in [6.45, 7) is 2.94. The predicted molar refractivity (Wildman–Crippen MR) is 86.4 cm³/mol. The summed E-state index contributed by atoms with van der Waals surface area (Å²) in [5.41, 5.74) is 4.31. The van der Waals surface area contributed by atoms with Crippen LogP contribution >= 0.6 is 11.6 Å². The van der Waals surface area contributed by atoms with E-state index < -0.39 is 0 Å². The number of halogens is 1. The van der Waals surface area contributed by atoms with Gasteiger partial charge in [-0.25, -0.2) is 0 Å². The topological polar surface area (TPSA) is 24.9 Å². The molecule has 20 heavy (non-hydrogen) atoms. The SMILES string of the molecule is CCNc1cnc2ccc(Cl)cc2c1-c1ccccc1. The lowest BCUT2D eigenvalue weighted by molar-refractivity contribution is 1.20. The third-order valence-electron chi connectivity index (χ3n) is 3.26. The van der Waals surface area contributed by atoms with E-state index in [-0.39, 0.29) is 0 Å². The molecule has 0 saturated heterocycles. The Morgan fingerprint density at radius 1 is 1.10 bits per heavy atom. The average molecular weight is 283 g/mol. The highest BCUT2D eigenvalue weighted by Gasteiger charge is 2.10. The fourth-order valence-electron chi connectivity index (χ4n) is 2.41. The molecule has 0 fully saturated rings. The molecule has 0 atom stereocenters. The zero-order valence-electron chi connectivity index (χ0n) is 11.2. The van der Waals surface area contributed by atoms with E-state index in [4.69, 9.17) is 11.6 Å². The summed E-state index contributed by atoms with van der Waals surface area (Å²) in [6, 6.07) is 16.1. The minimum absolute atomic E-state index is 0.727. The van der Waals surface area contributed by atoms with Crippen molar-refractivity contribution in [2.45, 2.75) is 6.92 Å². The summed E-state index contributed by atoms with van der Waals surface area (Å²) in [4.78, 5) is 4.51. The van der Waals surface area contributed by atoms with Gasteiger partial charge in [0.05, 0.1) is 17.4 Å². The summed E-state index contributed by atoms with van der Waals surface area (Å²) in [7, 11) is 0. The van der Waals surface area contributed by atoms with E-state index in [2.05, 4.69) is 29.4 Å². The second-order valence-corrected chi connectivity index (χ2v) is 5.04. The van der Waals surface area contributed by atoms with Gasteiger partial charge >= 0.3 is 0 Å². The number of rotatable bonds is 3. The van der Waals surface area contributed by atoms with E-state index in [1.54, 1.807) is 0 Å². The number of nitrogens with one attached hydrogen (secondary N) is 1. The highest BCUT2D eigenvalue weighted by molar-refractivity contribution is 6.31. The van der Waals surface area contributed by atoms with Crippen LogP contribution in [0.3, 0.4) is 0 Å². The Kier molecular flexibility index (Phi) is 3.57. The maximum Gasteiger partial charge on any atom is 0.0710 e. The predicted octanol–water partition coefficient (Wildman–Crippen LogP) is 4.99. The van der Waals surface area contributed by atoms with Crippen LogP contribution in [-0.2, 0) is 0 Å². The molecule has 0 saturated carbocycles. The second kappa shape index (κ2) is 5.51. The van der Waals surface area contributed by atoms with Crippen molar-refractivity contribution in [3.05, 3.63) is 59.8 Å². The summed E-state index contributed by atoms with van der Waals surface area (Å²) in [5, 5.41) is 5.18. The lowest BCUT2D eigenvalue weighted by Crippen LogP contribution is -2.00. The van der Waals surface area contributed by atoms with Crippen LogP contribution in [0.15, 0.2) is 54.7 Å². The van der Waals surface area contributed by atoms with Crippen molar-refractivity contribution in [3.63, 3.8) is 0 Å². The highest BCUT2D eigenvalue weighted by Crippen LogP contribution is 2.35. The van der Waals surface area contributed by atoms with Crippen molar-refractivity contribution in [3.8, 4) is 11.1 Å². The van der Waals surface area contributed by atoms with Gasteiger partial charge in [-0.2, -0.15) is 0 Å². The van der Waals surface area contributed by atoms with E-state index in [1.807, 2.05) is 42.6 Å². The number of pyridine rings is 1. The molecule has 2 aromatic carbocycles. The minimum Gasteiger partial charge on any atom is -0.384 e. The Morgan fingerprint density at radius 2 is 1.90 bits per heavy atom. The van der Waals surface area contributed by atoms with E-state index in [1.165, 1.54) is 0 Å². The number of anilines is 1. The first-order valence-corrected chi connectivity index (χ1v) is 7.05. The van der Waals surface area contributed by atoms with Crippen molar-refractivity contribution < 1.29 is 0 Å². The molecule has 0 bridgehead atoms. The molecule has 0 aliphatic carbocycles. The minimum atomic E-state index is 0.727. The van der Waals surface area contributed by atoms with E-state index in [0.717, 1.165) is 39.3 Å². The van der Waals surface area contributed by atoms with Crippen molar-refractivity contribution in [2.24, 2.45) is 0 Å². The summed E-state index contributed by atoms with van der Waals surface area (Å²) < 4.78 is 0. The molecule has 0 aliphatic rings. The molecule has 3 heteroatoms. The number of nitrogens with zero attached hydrogens (tertiary/aromatic N) is 1. The largest absolute Gasteiger partial charge is 0.384 e. The van der Waals surface area contributed by atoms with Gasteiger partial charge in [-0.1, -0.05) is 41.9 Å². The summed E-state index contributed by atoms with van der Waals surface area (Å²) in [5.74, 6) is 0. The molecule has 0 amide bonds. The van der Waals surface area contributed by atoms with Gasteiger partial charge in [0.15, 0.2) is 0 Å². The molecule has 1 aromatic heterocycles. The number of fused-ring (bicyclic) bond motifs is 1. The monoisotopic (exact) mass is 282 g/mol. The van der Waals surface area contributed by atoms with Gasteiger partial charge in [0.2, 0.25) is 0 Å². The second-order valence-electron chi connectivity index (χ2n) is 4.60. The van der Waals surface area contributed by atoms with Crippen molar-refractivity contribution in [2.75, 3.05) is 11.9 Å². The zero-order valence-corrected chi connectivity index (χ0v) is 12.0. The van der Waals surface area contributed by atoms with Gasteiger partial charge in [0.25, 0.3) is 0 Å². The summed E-state index contributed by atoms with van der Waals surface area (Å²) >= 11 is 6.16. The molecule has 2 nitrogen and oxygen atoms in total. The normalized spacial score (nSPS) is 10.7. The number of benzene rings is 2. The standard InChI is InChI=1S/C17H15ClN2/c1-2-19-16-11-20-15-9-8-13(18)10-14(15)17(16)12-6-4-3-5-7-12/h3-11,19H,2H2,1H3. The third-order valence-corrected chi connectivity index (χ3v) is 3.49. The molecule has 0 aliphatic heterocycles. The summed E-state index contributed by atoms with van der Waals surface area (Å²) in [6.07, 6.45) is 1.89. The van der Waals surface area contributed by atoms with Crippen molar-refractivity contribution in [1.82, 2.24) is 4.98 Å².